The highest BCUT2D eigenvalue weighted by Crippen LogP contribution is 2.23. The summed E-state index contributed by atoms with van der Waals surface area (Å²) in [6.07, 6.45) is -4.97. The van der Waals surface area contributed by atoms with Crippen molar-refractivity contribution in [1.82, 2.24) is 10.2 Å². The fraction of sp³-hybridized carbons (Fsp3) is 0.526. The zero-order valence-corrected chi connectivity index (χ0v) is 15.7. The van der Waals surface area contributed by atoms with Gasteiger partial charge in [0.15, 0.2) is 0 Å². The lowest BCUT2D eigenvalue weighted by atomic mass is 9.98. The summed E-state index contributed by atoms with van der Waals surface area (Å²) in [5.41, 5.74) is 0.770. The van der Waals surface area contributed by atoms with Gasteiger partial charge in [0.2, 0.25) is 5.91 Å². The molecule has 1 aliphatic heterocycles. The minimum Gasteiger partial charge on any atom is -0.445 e. The molecule has 1 unspecified atom stereocenters. The monoisotopic (exact) mass is 400 g/mol. The normalized spacial score (nSPS) is 18.1. The minimum absolute atomic E-state index is 0.0195. The molecule has 1 saturated heterocycles. The van der Waals surface area contributed by atoms with Crippen molar-refractivity contribution in [1.29, 1.82) is 0 Å². The summed E-state index contributed by atoms with van der Waals surface area (Å²) in [6.45, 7) is 3.10. The minimum atomic E-state index is -5.05. The van der Waals surface area contributed by atoms with Crippen LogP contribution in [-0.2, 0) is 20.9 Å². The van der Waals surface area contributed by atoms with E-state index in [4.69, 9.17) is 4.74 Å². The summed E-state index contributed by atoms with van der Waals surface area (Å²) in [5.74, 6) is -3.55. The second-order valence-corrected chi connectivity index (χ2v) is 6.98. The number of likely N-dealkylation sites (tertiary alicyclic amines) is 1. The highest BCUT2D eigenvalue weighted by molar-refractivity contribution is 5.95. The highest BCUT2D eigenvalue weighted by Gasteiger charge is 2.46. The molecule has 0 aromatic heterocycles. The van der Waals surface area contributed by atoms with Crippen LogP contribution in [0.4, 0.5) is 18.0 Å². The van der Waals surface area contributed by atoms with Crippen LogP contribution in [0.15, 0.2) is 30.3 Å². The number of rotatable bonds is 6. The summed E-state index contributed by atoms with van der Waals surface area (Å²) in [6, 6.07) is 6.28. The number of ketones is 1. The molecule has 154 valence electrons. The van der Waals surface area contributed by atoms with E-state index in [1.807, 2.05) is 6.07 Å². The first kappa shape index (κ1) is 21.7. The third-order valence-electron chi connectivity index (χ3n) is 4.52. The van der Waals surface area contributed by atoms with Crippen LogP contribution in [0.2, 0.25) is 0 Å². The van der Waals surface area contributed by atoms with Crippen molar-refractivity contribution in [2.75, 3.05) is 6.54 Å². The molecule has 28 heavy (non-hydrogen) atoms. The molecule has 2 atom stereocenters. The van der Waals surface area contributed by atoms with Crippen molar-refractivity contribution in [2.24, 2.45) is 5.92 Å². The maximum atomic E-state index is 12.8. The Bertz CT molecular complexity index is 707. The number of Topliss-reactive ketones (excluding diaryl/α,β-unsaturated/α-hetero) is 1. The molecule has 6 nitrogen and oxygen atoms in total. The summed E-state index contributed by atoms with van der Waals surface area (Å²) in [5, 5.41) is 2.17. The third-order valence-corrected chi connectivity index (χ3v) is 4.52. The summed E-state index contributed by atoms with van der Waals surface area (Å²) < 4.78 is 43.5. The van der Waals surface area contributed by atoms with Crippen molar-refractivity contribution < 1.29 is 32.3 Å². The number of nitrogens with zero attached hydrogens (tertiary/aromatic N) is 1. The zero-order chi connectivity index (χ0) is 20.9. The lowest BCUT2D eigenvalue weighted by Gasteiger charge is -2.27. The largest absolute Gasteiger partial charge is 0.452 e. The molecule has 1 fully saturated rings. The van der Waals surface area contributed by atoms with Crippen molar-refractivity contribution in [3.05, 3.63) is 35.9 Å². The van der Waals surface area contributed by atoms with Gasteiger partial charge in [0.1, 0.15) is 12.6 Å². The third kappa shape index (κ3) is 5.46. The van der Waals surface area contributed by atoms with Crippen LogP contribution in [0.1, 0.15) is 32.3 Å². The van der Waals surface area contributed by atoms with Crippen LogP contribution in [0.5, 0.6) is 0 Å². The lowest BCUT2D eigenvalue weighted by Crippen LogP contribution is -2.55. The molecular weight excluding hydrogens is 377 g/mol. The number of benzene rings is 1. The maximum absolute atomic E-state index is 12.8. The molecule has 0 saturated carbocycles. The van der Waals surface area contributed by atoms with Crippen molar-refractivity contribution in [3.63, 3.8) is 0 Å². The molecule has 1 heterocycles. The van der Waals surface area contributed by atoms with Gasteiger partial charge in [-0.2, -0.15) is 13.2 Å². The molecule has 1 aromatic rings. The van der Waals surface area contributed by atoms with Gasteiger partial charge in [-0.15, -0.1) is 0 Å². The fourth-order valence-corrected chi connectivity index (χ4v) is 3.02. The number of halogens is 3. The van der Waals surface area contributed by atoms with E-state index < -0.39 is 42.0 Å². The van der Waals surface area contributed by atoms with Gasteiger partial charge in [0.25, 0.3) is 5.78 Å². The quantitative estimate of drug-likeness (QED) is 0.796. The van der Waals surface area contributed by atoms with E-state index in [0.29, 0.717) is 6.42 Å². The Kier molecular flexibility index (Phi) is 7.04. The molecule has 9 heteroatoms. The molecule has 1 N–H and O–H groups in total. The van der Waals surface area contributed by atoms with E-state index in [1.54, 1.807) is 24.3 Å². The SMILES string of the molecule is CC(C)C(NC(=O)[C@@H]1CCCN1C(=O)OCc1ccccc1)C(=O)C(F)(F)F. The summed E-state index contributed by atoms with van der Waals surface area (Å²) >= 11 is 0. The summed E-state index contributed by atoms with van der Waals surface area (Å²) in [7, 11) is 0. The average molecular weight is 400 g/mol. The van der Waals surface area contributed by atoms with Gasteiger partial charge < -0.3 is 10.1 Å². The first-order chi connectivity index (χ1) is 13.1. The maximum Gasteiger partial charge on any atom is 0.452 e. The molecule has 2 amide bonds. The number of hydrogen-bond donors (Lipinski definition) is 1. The molecule has 0 aliphatic carbocycles. The Balaban J connectivity index is 2.01. The van der Waals surface area contributed by atoms with E-state index in [1.165, 1.54) is 18.7 Å². The molecule has 1 aliphatic rings. The molecule has 0 spiro atoms. The predicted molar refractivity (Wildman–Crippen MR) is 94.2 cm³/mol. The van der Waals surface area contributed by atoms with Crippen molar-refractivity contribution >= 4 is 17.8 Å². The Labute approximate surface area is 161 Å². The highest BCUT2D eigenvalue weighted by atomic mass is 19.4. The van der Waals surface area contributed by atoms with Gasteiger partial charge in [-0.1, -0.05) is 44.2 Å². The number of amides is 2. The smallest absolute Gasteiger partial charge is 0.445 e. The van der Waals surface area contributed by atoms with E-state index in [0.717, 1.165) is 5.56 Å². The van der Waals surface area contributed by atoms with Crippen molar-refractivity contribution in [2.45, 2.75) is 51.6 Å². The zero-order valence-electron chi connectivity index (χ0n) is 15.7. The van der Waals surface area contributed by atoms with Gasteiger partial charge in [-0.3, -0.25) is 14.5 Å². The van der Waals surface area contributed by atoms with Crippen LogP contribution in [0, 0.1) is 5.92 Å². The average Bonchev–Trinajstić information content (AvgIpc) is 3.13. The van der Waals surface area contributed by atoms with Crippen LogP contribution < -0.4 is 5.32 Å². The van der Waals surface area contributed by atoms with Crippen LogP contribution in [0.25, 0.3) is 0 Å². The molecule has 0 bridgehead atoms. The predicted octanol–water partition coefficient (Wildman–Crippen LogP) is 3.06. The van der Waals surface area contributed by atoms with Gasteiger partial charge in [0.05, 0.1) is 6.04 Å². The van der Waals surface area contributed by atoms with Gasteiger partial charge in [0, 0.05) is 6.54 Å². The van der Waals surface area contributed by atoms with E-state index >= 15 is 0 Å². The van der Waals surface area contributed by atoms with Gasteiger partial charge in [-0.25, -0.2) is 4.79 Å². The number of carbonyl (C=O) groups excluding carboxylic acids is 3. The van der Waals surface area contributed by atoms with Gasteiger partial charge >= 0.3 is 12.3 Å². The van der Waals surface area contributed by atoms with E-state index in [9.17, 15) is 27.6 Å². The number of alkyl halides is 3. The second-order valence-electron chi connectivity index (χ2n) is 6.98. The number of nitrogens with one attached hydrogen (secondary N) is 1. The van der Waals surface area contributed by atoms with Crippen LogP contribution in [0.3, 0.4) is 0 Å². The van der Waals surface area contributed by atoms with Crippen molar-refractivity contribution in [3.8, 4) is 0 Å². The fourth-order valence-electron chi connectivity index (χ4n) is 3.02. The van der Waals surface area contributed by atoms with E-state index in [2.05, 4.69) is 5.32 Å². The number of hydrogen-bond acceptors (Lipinski definition) is 4. The molecule has 0 radical (unpaired) electrons. The Morgan fingerprint density at radius 2 is 1.86 bits per heavy atom. The lowest BCUT2D eigenvalue weighted by molar-refractivity contribution is -0.175. The Morgan fingerprint density at radius 3 is 2.43 bits per heavy atom. The van der Waals surface area contributed by atoms with Crippen LogP contribution >= 0.6 is 0 Å². The number of carbonyl (C=O) groups is 3. The van der Waals surface area contributed by atoms with Gasteiger partial charge in [-0.05, 0) is 24.3 Å². The molecule has 2 rings (SSSR count). The second kappa shape index (κ2) is 9.07. The first-order valence-corrected chi connectivity index (χ1v) is 9.00. The number of ether oxygens (including phenoxy) is 1. The van der Waals surface area contributed by atoms with Crippen LogP contribution in [-0.4, -0.2) is 47.5 Å². The summed E-state index contributed by atoms with van der Waals surface area (Å²) in [4.78, 5) is 37.6. The van der Waals surface area contributed by atoms with E-state index in [-0.39, 0.29) is 19.6 Å². The first-order valence-electron chi connectivity index (χ1n) is 9.00. The Morgan fingerprint density at radius 1 is 1.21 bits per heavy atom. The molecule has 1 aromatic carbocycles. The molecular formula is C19H23F3N2O4. The Hall–Kier alpha value is -2.58. The standard InChI is InChI=1S/C19H23F3N2O4/c1-12(2)15(16(25)19(20,21)22)23-17(26)14-9-6-10-24(14)18(27)28-11-13-7-4-3-5-8-13/h3-5,7-8,12,14-15H,6,9-11H2,1-2H3,(H,23,26)/t14-,15?/m0/s1. The topological polar surface area (TPSA) is 75.7 Å².